The Labute approximate surface area is 220 Å². The van der Waals surface area contributed by atoms with Gasteiger partial charge in [0, 0.05) is 42.2 Å². The quantitative estimate of drug-likeness (QED) is 0.198. The molecule has 0 fully saturated rings. The first kappa shape index (κ1) is 26.5. The van der Waals surface area contributed by atoms with E-state index in [-0.39, 0.29) is 11.8 Å². The number of nitrogens with one attached hydrogen (secondary N) is 2. The normalized spacial score (nSPS) is 12.1. The number of aromatic amines is 1. The van der Waals surface area contributed by atoms with Gasteiger partial charge >= 0.3 is 0 Å². The molecule has 1 aromatic heterocycles. The van der Waals surface area contributed by atoms with E-state index in [4.69, 9.17) is 0 Å². The van der Waals surface area contributed by atoms with E-state index in [1.165, 1.54) is 0 Å². The zero-order valence-corrected chi connectivity index (χ0v) is 22.1. The van der Waals surface area contributed by atoms with Gasteiger partial charge in [-0.1, -0.05) is 94.1 Å². The van der Waals surface area contributed by atoms with E-state index in [0.29, 0.717) is 12.0 Å². The van der Waals surface area contributed by atoms with Crippen LogP contribution in [0.1, 0.15) is 68.3 Å². The Morgan fingerprint density at radius 1 is 0.811 bits per heavy atom. The zero-order valence-electron chi connectivity index (χ0n) is 22.1. The number of carbonyl (C=O) groups is 2. The molecule has 0 saturated heterocycles. The average Bonchev–Trinajstić information content (AvgIpc) is 3.34. The number of hydrogen-bond donors (Lipinski definition) is 2. The molecule has 37 heavy (non-hydrogen) atoms. The molecule has 2 amide bonds. The molecule has 0 aliphatic carbocycles. The molecule has 0 radical (unpaired) electrons. The highest BCUT2D eigenvalue weighted by molar-refractivity contribution is 6.08. The molecule has 194 valence electrons. The van der Waals surface area contributed by atoms with E-state index in [2.05, 4.69) is 30.2 Å². The topological polar surface area (TPSA) is 65.2 Å². The summed E-state index contributed by atoms with van der Waals surface area (Å²) in [4.78, 5) is 32.9. The number of nitrogens with zero attached hydrogens (tertiary/aromatic N) is 1. The van der Waals surface area contributed by atoms with Crippen LogP contribution in [0.2, 0.25) is 0 Å². The van der Waals surface area contributed by atoms with E-state index in [9.17, 15) is 9.59 Å². The molecule has 1 heterocycles. The lowest BCUT2D eigenvalue weighted by molar-refractivity contribution is -0.133. The van der Waals surface area contributed by atoms with Gasteiger partial charge in [0.15, 0.2) is 0 Å². The summed E-state index contributed by atoms with van der Waals surface area (Å²) in [7, 11) is 0. The maximum Gasteiger partial charge on any atom is 0.252 e. The van der Waals surface area contributed by atoms with Crippen LogP contribution in [0.25, 0.3) is 21.7 Å². The van der Waals surface area contributed by atoms with E-state index in [1.54, 1.807) is 0 Å². The standard InChI is InChI=1S/C32H39N3O2/c1-3-5-11-20-35(21-12-6-4-2)32(37)30(22-25-23-33-29-19-10-9-17-27(25)29)34-31(36)28-18-13-15-24-14-7-8-16-26(24)28/h7-10,13-19,23,30,33H,3-6,11-12,20-22H2,1-2H3,(H,34,36)/t30-/m1/s1. The van der Waals surface area contributed by atoms with Crippen LogP contribution >= 0.6 is 0 Å². The summed E-state index contributed by atoms with van der Waals surface area (Å²) in [6.07, 6.45) is 8.75. The minimum absolute atomic E-state index is 0.00562. The van der Waals surface area contributed by atoms with Crippen molar-refractivity contribution in [2.75, 3.05) is 13.1 Å². The van der Waals surface area contributed by atoms with E-state index >= 15 is 0 Å². The van der Waals surface area contributed by atoms with Gasteiger partial charge in [-0.15, -0.1) is 0 Å². The van der Waals surface area contributed by atoms with Crippen molar-refractivity contribution in [3.63, 3.8) is 0 Å². The molecule has 0 bridgehead atoms. The summed E-state index contributed by atoms with van der Waals surface area (Å²) in [5.74, 6) is -0.205. The van der Waals surface area contributed by atoms with E-state index < -0.39 is 6.04 Å². The number of fused-ring (bicyclic) bond motifs is 2. The summed E-state index contributed by atoms with van der Waals surface area (Å²) in [6.45, 7) is 5.80. The molecule has 5 nitrogen and oxygen atoms in total. The fraction of sp³-hybridized carbons (Fsp3) is 0.375. The van der Waals surface area contributed by atoms with Gasteiger partial charge in [0.25, 0.3) is 5.91 Å². The Bertz CT molecular complexity index is 1310. The predicted octanol–water partition coefficient (Wildman–Crippen LogP) is 6.87. The zero-order chi connectivity index (χ0) is 26.0. The highest BCUT2D eigenvalue weighted by atomic mass is 16.2. The van der Waals surface area contributed by atoms with Crippen LogP contribution in [0.3, 0.4) is 0 Å². The number of hydrogen-bond acceptors (Lipinski definition) is 2. The van der Waals surface area contributed by atoms with Gasteiger partial charge < -0.3 is 15.2 Å². The van der Waals surface area contributed by atoms with Gasteiger partial charge in [-0.25, -0.2) is 0 Å². The van der Waals surface area contributed by atoms with Gasteiger partial charge in [0.2, 0.25) is 5.91 Å². The third kappa shape index (κ3) is 6.59. The van der Waals surface area contributed by atoms with Crippen LogP contribution in [0, 0.1) is 0 Å². The molecule has 2 N–H and O–H groups in total. The monoisotopic (exact) mass is 497 g/mol. The second-order valence-electron chi connectivity index (χ2n) is 9.86. The Morgan fingerprint density at radius 2 is 1.46 bits per heavy atom. The lowest BCUT2D eigenvalue weighted by Gasteiger charge is -2.28. The molecule has 0 spiro atoms. The number of carbonyl (C=O) groups excluding carboxylic acids is 2. The van der Waals surface area contributed by atoms with Crippen LogP contribution < -0.4 is 5.32 Å². The van der Waals surface area contributed by atoms with Gasteiger partial charge in [-0.05, 0) is 41.3 Å². The molecule has 0 saturated carbocycles. The molecule has 3 aromatic carbocycles. The maximum atomic E-state index is 14.0. The number of H-pyrrole nitrogens is 1. The van der Waals surface area contributed by atoms with Gasteiger partial charge in [0.05, 0.1) is 0 Å². The Hall–Kier alpha value is -3.60. The number of rotatable bonds is 13. The van der Waals surface area contributed by atoms with Crippen molar-refractivity contribution in [1.82, 2.24) is 15.2 Å². The van der Waals surface area contributed by atoms with Gasteiger partial charge in [-0.2, -0.15) is 0 Å². The van der Waals surface area contributed by atoms with Crippen molar-refractivity contribution in [1.29, 1.82) is 0 Å². The number of benzene rings is 3. The lowest BCUT2D eigenvalue weighted by atomic mass is 10.0. The first-order valence-electron chi connectivity index (χ1n) is 13.7. The van der Waals surface area contributed by atoms with Crippen molar-refractivity contribution < 1.29 is 9.59 Å². The van der Waals surface area contributed by atoms with Crippen molar-refractivity contribution >= 4 is 33.5 Å². The van der Waals surface area contributed by atoms with Gasteiger partial charge in [0.1, 0.15) is 6.04 Å². The lowest BCUT2D eigenvalue weighted by Crippen LogP contribution is -2.50. The Morgan fingerprint density at radius 3 is 2.19 bits per heavy atom. The van der Waals surface area contributed by atoms with Crippen LogP contribution in [0.15, 0.2) is 72.9 Å². The maximum absolute atomic E-state index is 14.0. The molecule has 4 rings (SSSR count). The molecule has 0 aliphatic heterocycles. The fourth-order valence-electron chi connectivity index (χ4n) is 5.04. The SMILES string of the molecule is CCCCCN(CCCCC)C(=O)[C@@H](Cc1c[nH]c2ccccc12)NC(=O)c1cccc2ccccc12. The van der Waals surface area contributed by atoms with Crippen LogP contribution in [-0.2, 0) is 11.2 Å². The highest BCUT2D eigenvalue weighted by Crippen LogP contribution is 2.22. The van der Waals surface area contributed by atoms with Crippen molar-refractivity contribution in [2.24, 2.45) is 0 Å². The van der Waals surface area contributed by atoms with E-state index in [0.717, 1.165) is 78.9 Å². The third-order valence-corrected chi connectivity index (χ3v) is 7.11. The van der Waals surface area contributed by atoms with Crippen LogP contribution in [0.4, 0.5) is 0 Å². The molecule has 1 atom stereocenters. The summed E-state index contributed by atoms with van der Waals surface area (Å²) >= 11 is 0. The van der Waals surface area contributed by atoms with Crippen LogP contribution in [0.5, 0.6) is 0 Å². The summed E-state index contributed by atoms with van der Waals surface area (Å²) in [6, 6.07) is 21.1. The summed E-state index contributed by atoms with van der Waals surface area (Å²) in [5, 5.41) is 6.13. The Balaban J connectivity index is 1.63. The molecule has 4 aromatic rings. The minimum atomic E-state index is -0.645. The Kier molecular flexibility index (Phi) is 9.36. The minimum Gasteiger partial charge on any atom is -0.361 e. The molecule has 5 heteroatoms. The predicted molar refractivity (Wildman–Crippen MR) is 153 cm³/mol. The van der Waals surface area contributed by atoms with Crippen molar-refractivity contribution in [3.05, 3.63) is 84.1 Å². The fourth-order valence-corrected chi connectivity index (χ4v) is 5.04. The first-order valence-corrected chi connectivity index (χ1v) is 13.7. The average molecular weight is 498 g/mol. The smallest absolute Gasteiger partial charge is 0.252 e. The second-order valence-corrected chi connectivity index (χ2v) is 9.86. The second kappa shape index (κ2) is 13.1. The third-order valence-electron chi connectivity index (χ3n) is 7.11. The van der Waals surface area contributed by atoms with Crippen molar-refractivity contribution in [2.45, 2.75) is 64.8 Å². The molecule has 0 aliphatic rings. The summed E-state index contributed by atoms with van der Waals surface area (Å²) < 4.78 is 0. The number of aromatic nitrogens is 1. The van der Waals surface area contributed by atoms with E-state index in [1.807, 2.05) is 71.8 Å². The summed E-state index contributed by atoms with van der Waals surface area (Å²) in [5.41, 5.74) is 2.67. The molecular formula is C32H39N3O2. The van der Waals surface area contributed by atoms with Crippen molar-refractivity contribution in [3.8, 4) is 0 Å². The number of unbranched alkanes of at least 4 members (excludes halogenated alkanes) is 4. The molecule has 0 unspecified atom stereocenters. The number of para-hydroxylation sites is 1. The molecular weight excluding hydrogens is 458 g/mol. The largest absolute Gasteiger partial charge is 0.361 e. The van der Waals surface area contributed by atoms with Crippen LogP contribution in [-0.4, -0.2) is 40.8 Å². The number of amides is 2. The first-order chi connectivity index (χ1) is 18.1. The highest BCUT2D eigenvalue weighted by Gasteiger charge is 2.28. The van der Waals surface area contributed by atoms with Gasteiger partial charge in [-0.3, -0.25) is 9.59 Å².